The molecular weight excluding hydrogens is 232 g/mol. The molecule has 1 aromatic carbocycles. The quantitative estimate of drug-likeness (QED) is 0.650. The number of hydrogen-bond donors (Lipinski definition) is 1. The SMILES string of the molecule is CNC(Cc1ccccc1)c1ccc([N+](=O)[O-])o1. The number of nitrogens with one attached hydrogen (secondary N) is 1. The topological polar surface area (TPSA) is 68.3 Å². The first kappa shape index (κ1) is 12.3. The van der Waals surface area contributed by atoms with Crippen LogP contribution in [-0.2, 0) is 6.42 Å². The van der Waals surface area contributed by atoms with E-state index in [9.17, 15) is 10.1 Å². The van der Waals surface area contributed by atoms with Gasteiger partial charge in [0.1, 0.15) is 10.7 Å². The van der Waals surface area contributed by atoms with Crippen molar-refractivity contribution in [3.8, 4) is 0 Å². The standard InChI is InChI=1S/C13H14N2O3/c1-14-11(9-10-5-3-2-4-6-10)12-7-8-13(18-12)15(16)17/h2-8,11,14H,9H2,1H3. The minimum absolute atomic E-state index is 0.0684. The number of benzene rings is 1. The maximum atomic E-state index is 10.6. The van der Waals surface area contributed by atoms with Crippen molar-refractivity contribution in [2.45, 2.75) is 12.5 Å². The first-order chi connectivity index (χ1) is 8.70. The Kier molecular flexibility index (Phi) is 3.74. The van der Waals surface area contributed by atoms with Gasteiger partial charge in [-0.2, -0.15) is 0 Å². The van der Waals surface area contributed by atoms with Gasteiger partial charge >= 0.3 is 5.88 Å². The lowest BCUT2D eigenvalue weighted by molar-refractivity contribution is -0.402. The number of nitrogens with zero attached hydrogens (tertiary/aromatic N) is 1. The van der Waals surface area contributed by atoms with E-state index in [2.05, 4.69) is 5.32 Å². The van der Waals surface area contributed by atoms with Gasteiger partial charge < -0.3 is 9.73 Å². The predicted molar refractivity (Wildman–Crippen MR) is 67.3 cm³/mol. The maximum absolute atomic E-state index is 10.6. The van der Waals surface area contributed by atoms with Gasteiger partial charge in [0, 0.05) is 0 Å². The molecule has 5 nitrogen and oxygen atoms in total. The molecule has 0 aliphatic carbocycles. The highest BCUT2D eigenvalue weighted by atomic mass is 16.6. The second-order valence-corrected chi connectivity index (χ2v) is 3.96. The second-order valence-electron chi connectivity index (χ2n) is 3.96. The average Bonchev–Trinajstić information content (AvgIpc) is 2.87. The molecule has 18 heavy (non-hydrogen) atoms. The molecular formula is C13H14N2O3. The first-order valence-electron chi connectivity index (χ1n) is 5.66. The molecule has 1 atom stereocenters. The molecule has 0 aliphatic rings. The fourth-order valence-corrected chi connectivity index (χ4v) is 1.82. The molecule has 0 radical (unpaired) electrons. The van der Waals surface area contributed by atoms with Gasteiger partial charge in [-0.05, 0) is 25.1 Å². The van der Waals surface area contributed by atoms with Crippen LogP contribution in [0.1, 0.15) is 17.4 Å². The summed E-state index contributed by atoms with van der Waals surface area (Å²) in [5.41, 5.74) is 1.15. The van der Waals surface area contributed by atoms with E-state index in [0.29, 0.717) is 5.76 Å². The zero-order chi connectivity index (χ0) is 13.0. The molecule has 0 spiro atoms. The van der Waals surface area contributed by atoms with E-state index in [1.807, 2.05) is 37.4 Å². The molecule has 2 rings (SSSR count). The minimum Gasteiger partial charge on any atom is -0.404 e. The molecule has 0 aliphatic heterocycles. The lowest BCUT2D eigenvalue weighted by atomic mass is 10.0. The van der Waals surface area contributed by atoms with Gasteiger partial charge in [-0.3, -0.25) is 10.1 Å². The van der Waals surface area contributed by atoms with Crippen molar-refractivity contribution in [3.63, 3.8) is 0 Å². The van der Waals surface area contributed by atoms with E-state index in [1.54, 1.807) is 6.07 Å². The molecule has 2 aromatic rings. The van der Waals surface area contributed by atoms with E-state index >= 15 is 0 Å². The fourth-order valence-electron chi connectivity index (χ4n) is 1.82. The maximum Gasteiger partial charge on any atom is 0.433 e. The smallest absolute Gasteiger partial charge is 0.404 e. The average molecular weight is 246 g/mol. The number of hydrogen-bond acceptors (Lipinski definition) is 4. The molecule has 1 heterocycles. The summed E-state index contributed by atoms with van der Waals surface area (Å²) in [6, 6.07) is 12.9. The molecule has 0 amide bonds. The Bertz CT molecular complexity index is 522. The lowest BCUT2D eigenvalue weighted by Crippen LogP contribution is -2.18. The van der Waals surface area contributed by atoms with Crippen molar-refractivity contribution in [3.05, 3.63) is 63.9 Å². The molecule has 5 heteroatoms. The van der Waals surface area contributed by atoms with Crippen LogP contribution >= 0.6 is 0 Å². The van der Waals surface area contributed by atoms with Gasteiger partial charge in [0.05, 0.1) is 12.1 Å². The van der Waals surface area contributed by atoms with Crippen molar-refractivity contribution >= 4 is 5.88 Å². The molecule has 1 aromatic heterocycles. The van der Waals surface area contributed by atoms with Crippen LogP contribution in [0.4, 0.5) is 5.88 Å². The van der Waals surface area contributed by atoms with Crippen molar-refractivity contribution in [1.82, 2.24) is 5.32 Å². The largest absolute Gasteiger partial charge is 0.433 e. The Balaban J connectivity index is 2.15. The predicted octanol–water partition coefficient (Wildman–Crippen LogP) is 2.69. The van der Waals surface area contributed by atoms with Gasteiger partial charge in [0.15, 0.2) is 0 Å². The van der Waals surface area contributed by atoms with Crippen molar-refractivity contribution in [2.75, 3.05) is 7.05 Å². The summed E-state index contributed by atoms with van der Waals surface area (Å²) in [5.74, 6) is 0.353. The van der Waals surface area contributed by atoms with E-state index in [0.717, 1.165) is 12.0 Å². The van der Waals surface area contributed by atoms with Crippen molar-refractivity contribution in [2.24, 2.45) is 0 Å². The van der Waals surface area contributed by atoms with Crippen LogP contribution in [0.2, 0.25) is 0 Å². The Hall–Kier alpha value is -2.14. The third-order valence-corrected chi connectivity index (χ3v) is 2.77. The highest BCUT2D eigenvalue weighted by Crippen LogP contribution is 2.24. The highest BCUT2D eigenvalue weighted by molar-refractivity contribution is 5.23. The van der Waals surface area contributed by atoms with Crippen LogP contribution in [0, 0.1) is 10.1 Å². The summed E-state index contributed by atoms with van der Waals surface area (Å²) in [4.78, 5) is 10.0. The van der Waals surface area contributed by atoms with Crippen molar-refractivity contribution in [1.29, 1.82) is 0 Å². The van der Waals surface area contributed by atoms with Crippen LogP contribution in [0.3, 0.4) is 0 Å². The van der Waals surface area contributed by atoms with Gasteiger partial charge in [0.2, 0.25) is 0 Å². The van der Waals surface area contributed by atoms with Crippen molar-refractivity contribution < 1.29 is 9.34 Å². The van der Waals surface area contributed by atoms with E-state index in [4.69, 9.17) is 4.42 Å². The van der Waals surface area contributed by atoms with Crippen LogP contribution < -0.4 is 5.32 Å². The van der Waals surface area contributed by atoms with Gasteiger partial charge in [-0.15, -0.1) is 0 Å². The van der Waals surface area contributed by atoms with Crippen LogP contribution in [0.25, 0.3) is 0 Å². The monoisotopic (exact) mass is 246 g/mol. The second kappa shape index (κ2) is 5.46. The Labute approximate surface area is 105 Å². The Morgan fingerprint density at radius 2 is 2.00 bits per heavy atom. The Morgan fingerprint density at radius 1 is 1.28 bits per heavy atom. The van der Waals surface area contributed by atoms with E-state index in [-0.39, 0.29) is 11.9 Å². The number of likely N-dealkylation sites (N-methyl/N-ethyl adjacent to an activating group) is 1. The third kappa shape index (κ3) is 2.75. The zero-order valence-electron chi connectivity index (χ0n) is 10.00. The molecule has 0 bridgehead atoms. The van der Waals surface area contributed by atoms with Crippen LogP contribution in [0.5, 0.6) is 0 Å². The highest BCUT2D eigenvalue weighted by Gasteiger charge is 2.18. The van der Waals surface area contributed by atoms with Crippen LogP contribution in [-0.4, -0.2) is 12.0 Å². The summed E-state index contributed by atoms with van der Waals surface area (Å²) < 4.78 is 5.21. The third-order valence-electron chi connectivity index (χ3n) is 2.77. The summed E-state index contributed by atoms with van der Waals surface area (Å²) in [6.45, 7) is 0. The molecule has 0 fully saturated rings. The fraction of sp³-hybridized carbons (Fsp3) is 0.231. The summed E-state index contributed by atoms with van der Waals surface area (Å²) in [7, 11) is 1.81. The van der Waals surface area contributed by atoms with E-state index in [1.165, 1.54) is 6.07 Å². The molecule has 1 N–H and O–H groups in total. The van der Waals surface area contributed by atoms with Gasteiger partial charge in [-0.25, -0.2) is 0 Å². The lowest BCUT2D eigenvalue weighted by Gasteiger charge is -2.13. The number of rotatable bonds is 5. The molecule has 0 saturated heterocycles. The summed E-state index contributed by atoms with van der Waals surface area (Å²) in [6.07, 6.45) is 0.724. The van der Waals surface area contributed by atoms with E-state index < -0.39 is 4.92 Å². The zero-order valence-corrected chi connectivity index (χ0v) is 10.00. The molecule has 94 valence electrons. The number of nitro groups is 1. The minimum atomic E-state index is -0.529. The summed E-state index contributed by atoms with van der Waals surface area (Å²) in [5, 5.41) is 13.7. The Morgan fingerprint density at radius 3 is 2.56 bits per heavy atom. The number of furan rings is 1. The van der Waals surface area contributed by atoms with Gasteiger partial charge in [0.25, 0.3) is 0 Å². The first-order valence-corrected chi connectivity index (χ1v) is 5.66. The van der Waals surface area contributed by atoms with Gasteiger partial charge in [-0.1, -0.05) is 30.3 Å². The normalized spacial score (nSPS) is 12.3. The molecule has 0 saturated carbocycles. The molecule has 1 unspecified atom stereocenters. The summed E-state index contributed by atoms with van der Waals surface area (Å²) >= 11 is 0. The van der Waals surface area contributed by atoms with Crippen LogP contribution in [0.15, 0.2) is 46.9 Å².